The standard InChI is InChI=1S/C30H31NO7/c1-36-16-21-15-22-27(29(34)31(28(22)33)30(35)37-2)23-17-38-25(26(21)23)13-12-19(18-8-4-3-5-9-18)14-20-10-6-7-11-24(20)32/h3-11,14,22-23,25,27,32H,12-13,15-17H2,1-2H3/b19-14-/t22-,23+,25-,27-/m1/s1. The van der Waals surface area contributed by atoms with E-state index >= 15 is 0 Å². The number of carbonyl (C=O) groups excluding carboxylic acids is 3. The van der Waals surface area contributed by atoms with Crippen molar-refractivity contribution < 1.29 is 33.7 Å². The molecule has 2 saturated heterocycles. The lowest BCUT2D eigenvalue weighted by atomic mass is 9.69. The number of hydrogen-bond donors (Lipinski definition) is 1. The Morgan fingerprint density at radius 3 is 2.50 bits per heavy atom. The summed E-state index contributed by atoms with van der Waals surface area (Å²) in [7, 11) is 2.76. The molecule has 3 amide bonds. The van der Waals surface area contributed by atoms with E-state index in [0.29, 0.717) is 37.4 Å². The van der Waals surface area contributed by atoms with Crippen molar-refractivity contribution in [3.05, 3.63) is 76.9 Å². The van der Waals surface area contributed by atoms with Crippen LogP contribution in [-0.2, 0) is 23.8 Å². The molecule has 4 atom stereocenters. The predicted molar refractivity (Wildman–Crippen MR) is 140 cm³/mol. The summed E-state index contributed by atoms with van der Waals surface area (Å²) in [5, 5.41) is 10.4. The van der Waals surface area contributed by atoms with Gasteiger partial charge in [-0.15, -0.1) is 0 Å². The van der Waals surface area contributed by atoms with Crippen molar-refractivity contribution in [3.8, 4) is 5.75 Å². The normalized spacial score (nSPS) is 25.0. The summed E-state index contributed by atoms with van der Waals surface area (Å²) in [4.78, 5) is 39.1. The lowest BCUT2D eigenvalue weighted by Crippen LogP contribution is -2.38. The van der Waals surface area contributed by atoms with E-state index in [4.69, 9.17) is 14.2 Å². The molecule has 0 saturated carbocycles. The Bertz CT molecular complexity index is 1300. The number of phenols is 1. The van der Waals surface area contributed by atoms with Gasteiger partial charge < -0.3 is 19.3 Å². The van der Waals surface area contributed by atoms with Gasteiger partial charge in [0.1, 0.15) is 5.75 Å². The third-order valence-corrected chi connectivity index (χ3v) is 7.77. The Morgan fingerprint density at radius 2 is 1.79 bits per heavy atom. The van der Waals surface area contributed by atoms with Crippen LogP contribution in [0.3, 0.4) is 0 Å². The molecule has 2 aliphatic heterocycles. The second-order valence-corrected chi connectivity index (χ2v) is 9.87. The Hall–Kier alpha value is -3.75. The van der Waals surface area contributed by atoms with Crippen LogP contribution in [0.25, 0.3) is 11.6 Å². The maximum Gasteiger partial charge on any atom is 0.423 e. The van der Waals surface area contributed by atoms with Crippen molar-refractivity contribution in [2.24, 2.45) is 17.8 Å². The lowest BCUT2D eigenvalue weighted by Gasteiger charge is -2.31. The molecular formula is C30H31NO7. The van der Waals surface area contributed by atoms with Crippen molar-refractivity contribution in [3.63, 3.8) is 0 Å². The van der Waals surface area contributed by atoms with Crippen LogP contribution in [0.5, 0.6) is 5.75 Å². The molecule has 198 valence electrons. The van der Waals surface area contributed by atoms with Crippen molar-refractivity contribution in [1.29, 1.82) is 0 Å². The van der Waals surface area contributed by atoms with Gasteiger partial charge in [-0.05, 0) is 53.7 Å². The third-order valence-electron chi connectivity index (χ3n) is 7.77. The Kier molecular flexibility index (Phi) is 7.44. The molecule has 0 bridgehead atoms. The fourth-order valence-corrected chi connectivity index (χ4v) is 6.09. The molecule has 38 heavy (non-hydrogen) atoms. The van der Waals surface area contributed by atoms with Gasteiger partial charge >= 0.3 is 6.09 Å². The minimum atomic E-state index is -0.943. The molecule has 0 radical (unpaired) electrons. The van der Waals surface area contributed by atoms with Gasteiger partial charge in [-0.1, -0.05) is 48.5 Å². The van der Waals surface area contributed by atoms with Gasteiger partial charge in [0.15, 0.2) is 0 Å². The van der Waals surface area contributed by atoms with Gasteiger partial charge in [0.25, 0.3) is 0 Å². The highest BCUT2D eigenvalue weighted by molar-refractivity contribution is 6.16. The van der Waals surface area contributed by atoms with Crippen LogP contribution in [0, 0.1) is 17.8 Å². The summed E-state index contributed by atoms with van der Waals surface area (Å²) in [6.07, 6.45) is 2.45. The molecule has 0 unspecified atom stereocenters. The first kappa shape index (κ1) is 25.9. The van der Waals surface area contributed by atoms with E-state index in [9.17, 15) is 19.5 Å². The van der Waals surface area contributed by atoms with Gasteiger partial charge in [0.05, 0.1) is 38.3 Å². The molecule has 2 heterocycles. The molecule has 0 aromatic heterocycles. The molecule has 2 fully saturated rings. The minimum Gasteiger partial charge on any atom is -0.507 e. The van der Waals surface area contributed by atoms with Crippen molar-refractivity contribution in [2.45, 2.75) is 25.4 Å². The zero-order valence-corrected chi connectivity index (χ0v) is 21.5. The van der Waals surface area contributed by atoms with Gasteiger partial charge in [0.2, 0.25) is 11.8 Å². The van der Waals surface area contributed by atoms with Crippen LogP contribution in [0.4, 0.5) is 4.79 Å². The summed E-state index contributed by atoms with van der Waals surface area (Å²) < 4.78 is 16.4. The third kappa shape index (κ3) is 4.66. The van der Waals surface area contributed by atoms with Crippen LogP contribution in [0.15, 0.2) is 65.7 Å². The Balaban J connectivity index is 1.43. The van der Waals surface area contributed by atoms with Crippen LogP contribution < -0.4 is 0 Å². The zero-order valence-electron chi connectivity index (χ0n) is 21.5. The molecule has 1 N–H and O–H groups in total. The SMILES string of the molecule is COCC1=C2[C@@H](CC/C(=C/c3ccccc3O)c3ccccc3)OC[C@@H]2[C@@H]2C(=O)N(C(=O)OC)C(=O)[C@@H]2C1. The van der Waals surface area contributed by atoms with Crippen molar-refractivity contribution in [1.82, 2.24) is 4.90 Å². The number of fused-ring (bicyclic) bond motifs is 3. The van der Waals surface area contributed by atoms with Crippen molar-refractivity contribution in [2.75, 3.05) is 27.4 Å². The van der Waals surface area contributed by atoms with Gasteiger partial charge in [-0.25, -0.2) is 4.79 Å². The highest BCUT2D eigenvalue weighted by Crippen LogP contribution is 2.50. The number of methoxy groups -OCH3 is 2. The molecule has 8 nitrogen and oxygen atoms in total. The van der Waals surface area contributed by atoms with Crippen LogP contribution in [0.1, 0.15) is 30.4 Å². The van der Waals surface area contributed by atoms with E-state index < -0.39 is 29.7 Å². The van der Waals surface area contributed by atoms with E-state index in [1.54, 1.807) is 19.2 Å². The molecule has 5 rings (SSSR count). The quantitative estimate of drug-likeness (QED) is 0.329. The molecule has 0 spiro atoms. The van der Waals surface area contributed by atoms with Crippen LogP contribution in [-0.4, -0.2) is 61.5 Å². The largest absolute Gasteiger partial charge is 0.507 e. The average Bonchev–Trinajstić information content (AvgIpc) is 3.46. The maximum atomic E-state index is 13.2. The number of imide groups is 3. The van der Waals surface area contributed by atoms with E-state index in [1.807, 2.05) is 48.5 Å². The maximum absolute atomic E-state index is 13.2. The van der Waals surface area contributed by atoms with Crippen LogP contribution in [0.2, 0.25) is 0 Å². The smallest absolute Gasteiger partial charge is 0.423 e. The number of carbonyl (C=O) groups is 3. The molecule has 2 aromatic carbocycles. The number of amides is 3. The first-order chi connectivity index (χ1) is 18.4. The molecule has 8 heteroatoms. The first-order valence-corrected chi connectivity index (χ1v) is 12.8. The summed E-state index contributed by atoms with van der Waals surface area (Å²) in [6.45, 7) is 0.625. The number of aromatic hydroxyl groups is 1. The number of hydrogen-bond acceptors (Lipinski definition) is 7. The number of para-hydroxylation sites is 1. The molecule has 3 aliphatic rings. The Labute approximate surface area is 221 Å². The fraction of sp³-hybridized carbons (Fsp3) is 0.367. The van der Waals surface area contributed by atoms with E-state index in [-0.39, 0.29) is 17.8 Å². The fourth-order valence-electron chi connectivity index (χ4n) is 6.09. The summed E-state index contributed by atoms with van der Waals surface area (Å²) in [6, 6.07) is 17.2. The Morgan fingerprint density at radius 1 is 1.05 bits per heavy atom. The van der Waals surface area contributed by atoms with Gasteiger partial charge in [-0.2, -0.15) is 4.90 Å². The first-order valence-electron chi connectivity index (χ1n) is 12.8. The number of ether oxygens (including phenoxy) is 3. The van der Waals surface area contributed by atoms with Crippen molar-refractivity contribution >= 4 is 29.6 Å². The van der Waals surface area contributed by atoms with Gasteiger partial charge in [0, 0.05) is 18.6 Å². The topological polar surface area (TPSA) is 102 Å². The van der Waals surface area contributed by atoms with E-state index in [1.165, 1.54) is 0 Å². The van der Waals surface area contributed by atoms with Gasteiger partial charge in [-0.3, -0.25) is 9.59 Å². The number of rotatable bonds is 7. The second kappa shape index (κ2) is 10.9. The number of allylic oxidation sites excluding steroid dienone is 1. The molecule has 2 aromatic rings. The molecular weight excluding hydrogens is 486 g/mol. The predicted octanol–water partition coefficient (Wildman–Crippen LogP) is 4.44. The highest BCUT2D eigenvalue weighted by Gasteiger charge is 2.58. The van der Waals surface area contributed by atoms with E-state index in [0.717, 1.165) is 35.0 Å². The average molecular weight is 518 g/mol. The monoisotopic (exact) mass is 517 g/mol. The van der Waals surface area contributed by atoms with Crippen LogP contribution >= 0.6 is 0 Å². The number of phenolic OH excluding ortho intramolecular Hbond substituents is 1. The summed E-state index contributed by atoms with van der Waals surface area (Å²) in [5.74, 6) is -2.38. The molecule has 1 aliphatic carbocycles. The lowest BCUT2D eigenvalue weighted by molar-refractivity contribution is -0.137. The summed E-state index contributed by atoms with van der Waals surface area (Å²) in [5.41, 5.74) is 4.79. The van der Waals surface area contributed by atoms with E-state index in [2.05, 4.69) is 0 Å². The number of likely N-dealkylation sites (tertiary alicyclic amines) is 1. The summed E-state index contributed by atoms with van der Waals surface area (Å²) >= 11 is 0. The highest BCUT2D eigenvalue weighted by atomic mass is 16.5. The number of benzene rings is 2. The zero-order chi connectivity index (χ0) is 26.8. The minimum absolute atomic E-state index is 0.209. The number of nitrogens with zero attached hydrogens (tertiary/aromatic N) is 1. The second-order valence-electron chi connectivity index (χ2n) is 9.87.